The average molecular weight is 256 g/mol. The molecule has 2 aromatic rings. The number of rotatable bonds is 3. The van der Waals surface area contributed by atoms with Crippen LogP contribution in [0.5, 0.6) is 0 Å². The number of epoxide rings is 1. The van der Waals surface area contributed by atoms with Gasteiger partial charge >= 0.3 is 0 Å². The molecule has 1 aliphatic rings. The summed E-state index contributed by atoms with van der Waals surface area (Å²) in [6.45, 7) is 1.98. The molecular weight excluding hydrogens is 243 g/mol. The van der Waals surface area contributed by atoms with Gasteiger partial charge in [0.05, 0.1) is 0 Å². The number of ketones is 1. The van der Waals surface area contributed by atoms with Crippen LogP contribution in [0.15, 0.2) is 48.5 Å². The smallest absolute Gasteiger partial charge is 0.194 e. The lowest BCUT2D eigenvalue weighted by Gasteiger charge is -1.99. The van der Waals surface area contributed by atoms with Gasteiger partial charge in [-0.25, -0.2) is 4.39 Å². The van der Waals surface area contributed by atoms with E-state index in [4.69, 9.17) is 4.74 Å². The fraction of sp³-hybridized carbons (Fsp3) is 0.188. The summed E-state index contributed by atoms with van der Waals surface area (Å²) in [7, 11) is 0. The third-order valence-electron chi connectivity index (χ3n) is 3.28. The van der Waals surface area contributed by atoms with Crippen LogP contribution in [0.25, 0.3) is 0 Å². The minimum atomic E-state index is -0.437. The Labute approximate surface area is 110 Å². The number of aryl methyl sites for hydroxylation is 1. The van der Waals surface area contributed by atoms with Crippen molar-refractivity contribution in [2.24, 2.45) is 0 Å². The van der Waals surface area contributed by atoms with Crippen LogP contribution in [0, 0.1) is 12.7 Å². The van der Waals surface area contributed by atoms with Gasteiger partial charge in [0.25, 0.3) is 0 Å². The molecule has 0 radical (unpaired) electrons. The monoisotopic (exact) mass is 256 g/mol. The van der Waals surface area contributed by atoms with Gasteiger partial charge in [0.1, 0.15) is 11.9 Å². The molecule has 1 heterocycles. The zero-order valence-corrected chi connectivity index (χ0v) is 10.5. The molecule has 2 atom stereocenters. The highest BCUT2D eigenvalue weighted by Gasteiger charge is 2.46. The number of carbonyl (C=O) groups excluding carboxylic acids is 1. The zero-order valence-electron chi connectivity index (χ0n) is 10.5. The van der Waals surface area contributed by atoms with Crippen LogP contribution in [-0.4, -0.2) is 11.9 Å². The SMILES string of the molecule is Cc1ccc(C(=O)[C@H]2O[C@@H]2c2ccc(F)cc2)cc1. The first-order valence-electron chi connectivity index (χ1n) is 6.17. The quantitative estimate of drug-likeness (QED) is 0.621. The summed E-state index contributed by atoms with van der Waals surface area (Å²) in [5.74, 6) is -0.305. The Bertz CT molecular complexity index is 602. The standard InChI is InChI=1S/C16H13FO2/c1-10-2-4-11(5-3-10)14(18)16-15(19-16)12-6-8-13(17)9-7-12/h2-9,15-16H,1H3/t15-,16-/m1/s1. The average Bonchev–Trinajstić information content (AvgIpc) is 3.20. The lowest BCUT2D eigenvalue weighted by atomic mass is 10.0. The van der Waals surface area contributed by atoms with Gasteiger partial charge in [0.15, 0.2) is 11.9 Å². The van der Waals surface area contributed by atoms with Gasteiger partial charge in [-0.3, -0.25) is 4.79 Å². The summed E-state index contributed by atoms with van der Waals surface area (Å²) in [5, 5.41) is 0. The van der Waals surface area contributed by atoms with E-state index in [2.05, 4.69) is 0 Å². The third kappa shape index (κ3) is 2.42. The first-order valence-corrected chi connectivity index (χ1v) is 6.17. The van der Waals surface area contributed by atoms with Crippen molar-refractivity contribution >= 4 is 5.78 Å². The zero-order chi connectivity index (χ0) is 13.4. The van der Waals surface area contributed by atoms with E-state index >= 15 is 0 Å². The molecule has 1 saturated heterocycles. The molecule has 2 nitrogen and oxygen atoms in total. The Balaban J connectivity index is 1.74. The number of halogens is 1. The van der Waals surface area contributed by atoms with E-state index in [1.165, 1.54) is 12.1 Å². The van der Waals surface area contributed by atoms with Crippen LogP contribution in [-0.2, 0) is 4.74 Å². The Hall–Kier alpha value is -2.00. The second-order valence-electron chi connectivity index (χ2n) is 4.76. The fourth-order valence-electron chi connectivity index (χ4n) is 2.10. The fourth-order valence-corrected chi connectivity index (χ4v) is 2.10. The van der Waals surface area contributed by atoms with Gasteiger partial charge in [-0.15, -0.1) is 0 Å². The van der Waals surface area contributed by atoms with Crippen LogP contribution >= 0.6 is 0 Å². The Morgan fingerprint density at radius 3 is 2.32 bits per heavy atom. The van der Waals surface area contributed by atoms with Crippen molar-refractivity contribution < 1.29 is 13.9 Å². The van der Waals surface area contributed by atoms with Crippen molar-refractivity contribution in [1.82, 2.24) is 0 Å². The summed E-state index contributed by atoms with van der Waals surface area (Å²) in [4.78, 5) is 12.2. The van der Waals surface area contributed by atoms with Crippen molar-refractivity contribution in [3.05, 3.63) is 71.0 Å². The van der Waals surface area contributed by atoms with Crippen LogP contribution in [0.4, 0.5) is 4.39 Å². The number of hydrogen-bond donors (Lipinski definition) is 0. The van der Waals surface area contributed by atoms with Crippen molar-refractivity contribution in [2.45, 2.75) is 19.1 Å². The maximum atomic E-state index is 12.8. The normalized spacial score (nSPS) is 21.2. The van der Waals surface area contributed by atoms with E-state index in [0.29, 0.717) is 5.56 Å². The molecule has 3 heteroatoms. The van der Waals surface area contributed by atoms with E-state index in [0.717, 1.165) is 11.1 Å². The molecule has 2 aromatic carbocycles. The summed E-state index contributed by atoms with van der Waals surface area (Å²) >= 11 is 0. The molecule has 0 unspecified atom stereocenters. The molecule has 19 heavy (non-hydrogen) atoms. The molecule has 0 amide bonds. The Kier molecular flexibility index (Phi) is 2.91. The summed E-state index contributed by atoms with van der Waals surface area (Å²) in [5.41, 5.74) is 2.61. The highest BCUT2D eigenvalue weighted by Crippen LogP contribution is 2.40. The van der Waals surface area contributed by atoms with Gasteiger partial charge in [0.2, 0.25) is 0 Å². The largest absolute Gasteiger partial charge is 0.356 e. The minimum Gasteiger partial charge on any atom is -0.356 e. The van der Waals surface area contributed by atoms with E-state index in [9.17, 15) is 9.18 Å². The van der Waals surface area contributed by atoms with Gasteiger partial charge < -0.3 is 4.74 Å². The molecule has 0 aliphatic carbocycles. The van der Waals surface area contributed by atoms with Gasteiger partial charge in [-0.05, 0) is 24.6 Å². The third-order valence-corrected chi connectivity index (χ3v) is 3.28. The summed E-state index contributed by atoms with van der Waals surface area (Å²) < 4.78 is 18.2. The first kappa shape index (κ1) is 12.1. The van der Waals surface area contributed by atoms with Crippen LogP contribution in [0.2, 0.25) is 0 Å². The first-order chi connectivity index (χ1) is 9.15. The van der Waals surface area contributed by atoms with Crippen LogP contribution in [0.3, 0.4) is 0 Å². The molecule has 0 N–H and O–H groups in total. The molecule has 1 aliphatic heterocycles. The number of ether oxygens (including phenoxy) is 1. The Morgan fingerprint density at radius 1 is 1.05 bits per heavy atom. The highest BCUT2D eigenvalue weighted by atomic mass is 19.1. The van der Waals surface area contributed by atoms with Gasteiger partial charge in [-0.2, -0.15) is 0 Å². The lowest BCUT2D eigenvalue weighted by molar-refractivity contribution is 0.0953. The molecule has 1 fully saturated rings. The van der Waals surface area contributed by atoms with Crippen molar-refractivity contribution in [3.8, 4) is 0 Å². The van der Waals surface area contributed by atoms with E-state index in [1.54, 1.807) is 24.3 Å². The van der Waals surface area contributed by atoms with Gasteiger partial charge in [0, 0.05) is 5.56 Å². The molecule has 3 rings (SSSR count). The van der Waals surface area contributed by atoms with E-state index in [-0.39, 0.29) is 17.7 Å². The second kappa shape index (κ2) is 4.59. The lowest BCUT2D eigenvalue weighted by Crippen LogP contribution is -2.08. The maximum Gasteiger partial charge on any atom is 0.194 e. The topological polar surface area (TPSA) is 29.6 Å². The predicted octanol–water partition coefficient (Wildman–Crippen LogP) is 3.46. The molecular formula is C16H13FO2. The van der Waals surface area contributed by atoms with E-state index in [1.807, 2.05) is 19.1 Å². The molecule has 0 bridgehead atoms. The van der Waals surface area contributed by atoms with Gasteiger partial charge in [-0.1, -0.05) is 42.0 Å². The maximum absolute atomic E-state index is 12.8. The Morgan fingerprint density at radius 2 is 1.68 bits per heavy atom. The molecule has 0 aromatic heterocycles. The van der Waals surface area contributed by atoms with Crippen molar-refractivity contribution in [3.63, 3.8) is 0 Å². The number of Topliss-reactive ketones (excluding diaryl/α,β-unsaturated/α-hetero) is 1. The minimum absolute atomic E-state index is 0.0191. The van der Waals surface area contributed by atoms with Crippen LogP contribution in [0.1, 0.15) is 27.6 Å². The molecule has 0 spiro atoms. The highest BCUT2D eigenvalue weighted by molar-refractivity contribution is 6.01. The summed E-state index contributed by atoms with van der Waals surface area (Å²) in [6, 6.07) is 13.5. The van der Waals surface area contributed by atoms with Crippen molar-refractivity contribution in [1.29, 1.82) is 0 Å². The molecule has 96 valence electrons. The summed E-state index contributed by atoms with van der Waals surface area (Å²) in [6.07, 6.45) is -0.678. The van der Waals surface area contributed by atoms with Crippen molar-refractivity contribution in [2.75, 3.05) is 0 Å². The van der Waals surface area contributed by atoms with E-state index < -0.39 is 6.10 Å². The van der Waals surface area contributed by atoms with Crippen LogP contribution < -0.4 is 0 Å². The number of hydrogen-bond acceptors (Lipinski definition) is 2. The molecule has 0 saturated carbocycles. The number of carbonyl (C=O) groups is 1. The second-order valence-corrected chi connectivity index (χ2v) is 4.76. The predicted molar refractivity (Wildman–Crippen MR) is 69.5 cm³/mol. The number of benzene rings is 2.